The van der Waals surface area contributed by atoms with Gasteiger partial charge < -0.3 is 15.4 Å². The largest absolute Gasteiger partial charge is 0.480 e. The summed E-state index contributed by atoms with van der Waals surface area (Å²) in [6.07, 6.45) is 29.9. The summed E-state index contributed by atoms with van der Waals surface area (Å²) in [6.45, 7) is 2.27. The van der Waals surface area contributed by atoms with Gasteiger partial charge in [0, 0.05) is 24.7 Å². The molecule has 0 bridgehead atoms. The number of imidazole rings is 1. The maximum absolute atomic E-state index is 12.1. The van der Waals surface area contributed by atoms with Gasteiger partial charge in [0.15, 0.2) is 0 Å². The highest BCUT2D eigenvalue weighted by atomic mass is 16.4. The number of nitrogens with zero attached hydrogens (tertiary/aromatic N) is 1. The monoisotopic (exact) mass is 475 g/mol. The average molecular weight is 476 g/mol. The van der Waals surface area contributed by atoms with Crippen LogP contribution in [0.4, 0.5) is 0 Å². The van der Waals surface area contributed by atoms with E-state index in [-0.39, 0.29) is 12.3 Å². The lowest BCUT2D eigenvalue weighted by molar-refractivity contribution is -0.141. The Bertz CT molecular complexity index is 643. The number of carboxylic acid groups (broad SMARTS) is 1. The molecule has 0 unspecified atom stereocenters. The second-order valence-electron chi connectivity index (χ2n) is 9.49. The molecule has 3 N–H and O–H groups in total. The Hall–Kier alpha value is -2.11. The molecule has 0 aromatic carbocycles. The van der Waals surface area contributed by atoms with E-state index in [4.69, 9.17) is 0 Å². The number of unbranched alkanes of at least 4 members (excludes halogenated alkanes) is 15. The molecular weight excluding hydrogens is 426 g/mol. The Kier molecular flexibility index (Phi) is 18.9. The maximum atomic E-state index is 12.1. The first-order valence-corrected chi connectivity index (χ1v) is 13.8. The molecule has 34 heavy (non-hydrogen) atoms. The van der Waals surface area contributed by atoms with Gasteiger partial charge in [0.05, 0.1) is 6.33 Å². The molecule has 0 saturated heterocycles. The van der Waals surface area contributed by atoms with Crippen molar-refractivity contribution in [3.63, 3.8) is 0 Å². The fourth-order valence-electron chi connectivity index (χ4n) is 4.15. The number of H-pyrrole nitrogens is 1. The Morgan fingerprint density at radius 2 is 1.41 bits per heavy atom. The SMILES string of the molecule is CCCCCCCCCC/C=C\CCCCCCCCCC(=O)N[C@@H](Cc1cnc[nH]1)C(=O)O. The van der Waals surface area contributed by atoms with Crippen LogP contribution in [0.25, 0.3) is 0 Å². The first-order valence-electron chi connectivity index (χ1n) is 13.8. The molecule has 0 fully saturated rings. The van der Waals surface area contributed by atoms with Crippen molar-refractivity contribution in [1.82, 2.24) is 15.3 Å². The molecule has 0 saturated carbocycles. The minimum Gasteiger partial charge on any atom is -0.480 e. The number of rotatable bonds is 23. The number of amides is 1. The average Bonchev–Trinajstić information content (AvgIpc) is 3.33. The Labute approximate surface area is 207 Å². The molecule has 1 heterocycles. The summed E-state index contributed by atoms with van der Waals surface area (Å²) in [5.74, 6) is -1.21. The molecule has 1 atom stereocenters. The summed E-state index contributed by atoms with van der Waals surface area (Å²) < 4.78 is 0. The van der Waals surface area contributed by atoms with Crippen LogP contribution in [0.3, 0.4) is 0 Å². The van der Waals surface area contributed by atoms with Crippen LogP contribution >= 0.6 is 0 Å². The predicted molar refractivity (Wildman–Crippen MR) is 140 cm³/mol. The number of aromatic amines is 1. The summed E-state index contributed by atoms with van der Waals surface area (Å²) in [7, 11) is 0. The van der Waals surface area contributed by atoms with Gasteiger partial charge >= 0.3 is 5.97 Å². The number of carbonyl (C=O) groups excluding carboxylic acids is 1. The van der Waals surface area contributed by atoms with Crippen LogP contribution in [0.5, 0.6) is 0 Å². The van der Waals surface area contributed by atoms with Crippen molar-refractivity contribution < 1.29 is 14.7 Å². The topological polar surface area (TPSA) is 95.1 Å². The highest BCUT2D eigenvalue weighted by Gasteiger charge is 2.20. The van der Waals surface area contributed by atoms with Crippen molar-refractivity contribution >= 4 is 11.9 Å². The lowest BCUT2D eigenvalue weighted by Crippen LogP contribution is -2.42. The molecule has 1 aromatic rings. The van der Waals surface area contributed by atoms with Crippen molar-refractivity contribution in [3.8, 4) is 0 Å². The van der Waals surface area contributed by atoms with Crippen LogP contribution < -0.4 is 5.32 Å². The van der Waals surface area contributed by atoms with Crippen LogP contribution in [-0.4, -0.2) is 33.0 Å². The number of carbonyl (C=O) groups is 2. The van der Waals surface area contributed by atoms with Crippen LogP contribution in [0.1, 0.15) is 128 Å². The molecule has 194 valence electrons. The standard InChI is InChI=1S/C28H49N3O3/c1-2-3-4-5-6-7-8-9-10-11-12-13-14-15-16-17-18-19-20-21-27(32)31-26(28(33)34)22-25-23-29-24-30-25/h11-12,23-24,26H,2-10,13-22H2,1H3,(H,29,30)(H,31,32)(H,33,34)/b12-11-/t26-/m0/s1. The third kappa shape index (κ3) is 17.4. The van der Waals surface area contributed by atoms with Crippen LogP contribution in [0, 0.1) is 0 Å². The van der Waals surface area contributed by atoms with E-state index in [1.54, 1.807) is 6.20 Å². The van der Waals surface area contributed by atoms with Crippen LogP contribution in [0.15, 0.2) is 24.7 Å². The van der Waals surface area contributed by atoms with E-state index < -0.39 is 12.0 Å². The molecule has 6 heteroatoms. The highest BCUT2D eigenvalue weighted by Crippen LogP contribution is 2.12. The fraction of sp³-hybridized carbons (Fsp3) is 0.750. The van der Waals surface area contributed by atoms with Gasteiger partial charge in [-0.1, -0.05) is 96.1 Å². The zero-order chi connectivity index (χ0) is 24.7. The van der Waals surface area contributed by atoms with E-state index in [9.17, 15) is 14.7 Å². The van der Waals surface area contributed by atoms with Crippen molar-refractivity contribution in [2.24, 2.45) is 0 Å². The smallest absolute Gasteiger partial charge is 0.326 e. The molecule has 6 nitrogen and oxygen atoms in total. The third-order valence-corrected chi connectivity index (χ3v) is 6.28. The van der Waals surface area contributed by atoms with Gasteiger partial charge in [-0.25, -0.2) is 9.78 Å². The second kappa shape index (κ2) is 21.4. The van der Waals surface area contributed by atoms with Gasteiger partial charge in [0.2, 0.25) is 5.91 Å². The van der Waals surface area contributed by atoms with Gasteiger partial charge in [-0.05, 0) is 32.1 Å². The van der Waals surface area contributed by atoms with Crippen molar-refractivity contribution in [2.75, 3.05) is 0 Å². The summed E-state index contributed by atoms with van der Waals surface area (Å²) >= 11 is 0. The number of aromatic nitrogens is 2. The second-order valence-corrected chi connectivity index (χ2v) is 9.49. The number of hydrogen-bond donors (Lipinski definition) is 3. The first-order chi connectivity index (χ1) is 16.6. The summed E-state index contributed by atoms with van der Waals surface area (Å²) in [4.78, 5) is 30.2. The summed E-state index contributed by atoms with van der Waals surface area (Å²) in [5.41, 5.74) is 0.701. The van der Waals surface area contributed by atoms with Gasteiger partial charge in [0.1, 0.15) is 6.04 Å². The molecule has 0 spiro atoms. The van der Waals surface area contributed by atoms with E-state index >= 15 is 0 Å². The van der Waals surface area contributed by atoms with Crippen LogP contribution in [0.2, 0.25) is 0 Å². The van der Waals surface area contributed by atoms with Gasteiger partial charge in [-0.15, -0.1) is 0 Å². The zero-order valence-corrected chi connectivity index (χ0v) is 21.5. The summed E-state index contributed by atoms with van der Waals surface area (Å²) in [6, 6.07) is -0.915. The summed E-state index contributed by atoms with van der Waals surface area (Å²) in [5, 5.41) is 11.9. The molecular formula is C28H49N3O3. The Morgan fingerprint density at radius 1 is 0.882 bits per heavy atom. The predicted octanol–water partition coefficient (Wildman–Crippen LogP) is 7.12. The quantitative estimate of drug-likeness (QED) is 0.116. The van der Waals surface area contributed by atoms with Gasteiger partial charge in [0.25, 0.3) is 0 Å². The van der Waals surface area contributed by atoms with E-state index in [2.05, 4.69) is 34.4 Å². The third-order valence-electron chi connectivity index (χ3n) is 6.28. The van der Waals surface area contributed by atoms with E-state index in [1.807, 2.05) is 0 Å². The van der Waals surface area contributed by atoms with Gasteiger partial charge in [-0.3, -0.25) is 4.79 Å². The minimum atomic E-state index is -1.02. The molecule has 1 amide bonds. The minimum absolute atomic E-state index is 0.189. The molecule has 0 aliphatic carbocycles. The maximum Gasteiger partial charge on any atom is 0.326 e. The van der Waals surface area contributed by atoms with Crippen molar-refractivity contribution in [3.05, 3.63) is 30.4 Å². The van der Waals surface area contributed by atoms with E-state index in [0.717, 1.165) is 19.3 Å². The van der Waals surface area contributed by atoms with Gasteiger partial charge in [-0.2, -0.15) is 0 Å². The Morgan fingerprint density at radius 3 is 1.91 bits per heavy atom. The number of aliphatic carboxylic acids is 1. The normalized spacial score (nSPS) is 12.3. The number of hydrogen-bond acceptors (Lipinski definition) is 3. The lowest BCUT2D eigenvalue weighted by atomic mass is 10.1. The number of allylic oxidation sites excluding steroid dienone is 2. The molecule has 0 radical (unpaired) electrons. The van der Waals surface area contributed by atoms with E-state index in [1.165, 1.54) is 96.2 Å². The number of nitrogens with one attached hydrogen (secondary N) is 2. The molecule has 0 aliphatic heterocycles. The zero-order valence-electron chi connectivity index (χ0n) is 21.5. The molecule has 0 aliphatic rings. The van der Waals surface area contributed by atoms with Crippen molar-refractivity contribution in [1.29, 1.82) is 0 Å². The highest BCUT2D eigenvalue weighted by molar-refractivity contribution is 5.83. The van der Waals surface area contributed by atoms with Crippen LogP contribution in [-0.2, 0) is 16.0 Å². The van der Waals surface area contributed by atoms with Crippen molar-refractivity contribution in [2.45, 2.75) is 135 Å². The lowest BCUT2D eigenvalue weighted by Gasteiger charge is -2.13. The molecule has 1 aromatic heterocycles. The molecule has 1 rings (SSSR count). The Balaban J connectivity index is 1.87. The van der Waals surface area contributed by atoms with E-state index in [0.29, 0.717) is 12.1 Å². The first kappa shape index (κ1) is 29.9. The fourth-order valence-corrected chi connectivity index (χ4v) is 4.15. The number of carboxylic acids is 1.